The molecule has 0 bridgehead atoms. The monoisotopic (exact) mass is 264 g/mol. The molecular formula is C16H25FN2. The average Bonchev–Trinajstić information content (AvgIpc) is 2.64. The Hall–Kier alpha value is -0.930. The number of nitrogens with one attached hydrogen (secondary N) is 1. The first-order valence-corrected chi connectivity index (χ1v) is 7.35. The van der Waals surface area contributed by atoms with E-state index in [2.05, 4.69) is 17.1 Å². The highest BCUT2D eigenvalue weighted by atomic mass is 19.1. The van der Waals surface area contributed by atoms with E-state index in [0.29, 0.717) is 0 Å². The van der Waals surface area contributed by atoms with E-state index in [-0.39, 0.29) is 5.82 Å². The Morgan fingerprint density at radius 1 is 1.16 bits per heavy atom. The minimum absolute atomic E-state index is 0.0411. The summed E-state index contributed by atoms with van der Waals surface area (Å²) in [6, 6.07) is 3.68. The van der Waals surface area contributed by atoms with Crippen LogP contribution in [0.2, 0.25) is 0 Å². The molecule has 0 atom stereocenters. The third-order valence-electron chi connectivity index (χ3n) is 4.02. The van der Waals surface area contributed by atoms with Gasteiger partial charge in [-0.3, -0.25) is 0 Å². The summed E-state index contributed by atoms with van der Waals surface area (Å²) in [4.78, 5) is 2.49. The highest BCUT2D eigenvalue weighted by molar-refractivity contribution is 5.31. The zero-order valence-corrected chi connectivity index (χ0v) is 12.1. The number of benzene rings is 1. The maximum atomic E-state index is 13.8. The fourth-order valence-corrected chi connectivity index (χ4v) is 2.65. The van der Waals surface area contributed by atoms with Crippen LogP contribution in [0.5, 0.6) is 0 Å². The van der Waals surface area contributed by atoms with Crippen LogP contribution in [-0.2, 0) is 6.42 Å². The van der Waals surface area contributed by atoms with Crippen molar-refractivity contribution in [3.63, 3.8) is 0 Å². The zero-order chi connectivity index (χ0) is 13.7. The molecule has 1 aliphatic heterocycles. The van der Waals surface area contributed by atoms with E-state index in [1.54, 1.807) is 6.07 Å². The van der Waals surface area contributed by atoms with Crippen LogP contribution in [0.4, 0.5) is 4.39 Å². The van der Waals surface area contributed by atoms with Crippen molar-refractivity contribution in [1.82, 2.24) is 10.2 Å². The van der Waals surface area contributed by atoms with Crippen molar-refractivity contribution in [2.24, 2.45) is 0 Å². The van der Waals surface area contributed by atoms with Crippen molar-refractivity contribution >= 4 is 0 Å². The number of hydrogen-bond acceptors (Lipinski definition) is 2. The molecule has 0 saturated carbocycles. The molecule has 1 saturated heterocycles. The van der Waals surface area contributed by atoms with Crippen LogP contribution in [0.25, 0.3) is 0 Å². The van der Waals surface area contributed by atoms with Crippen molar-refractivity contribution in [2.45, 2.75) is 33.1 Å². The predicted molar refractivity (Wildman–Crippen MR) is 78.1 cm³/mol. The molecule has 1 fully saturated rings. The summed E-state index contributed by atoms with van der Waals surface area (Å²) in [5.41, 5.74) is 3.10. The van der Waals surface area contributed by atoms with Crippen molar-refractivity contribution in [1.29, 1.82) is 0 Å². The third-order valence-corrected chi connectivity index (χ3v) is 4.02. The van der Waals surface area contributed by atoms with Gasteiger partial charge in [0, 0.05) is 13.1 Å². The van der Waals surface area contributed by atoms with E-state index >= 15 is 0 Å². The normalized spacial score (nSPS) is 17.4. The quantitative estimate of drug-likeness (QED) is 0.899. The molecule has 1 heterocycles. The zero-order valence-electron chi connectivity index (χ0n) is 12.1. The number of halogens is 1. The van der Waals surface area contributed by atoms with Crippen LogP contribution in [0.15, 0.2) is 12.1 Å². The molecule has 0 unspecified atom stereocenters. The lowest BCUT2D eigenvalue weighted by atomic mass is 10.0. The second-order valence-corrected chi connectivity index (χ2v) is 5.58. The fourth-order valence-electron chi connectivity index (χ4n) is 2.65. The van der Waals surface area contributed by atoms with E-state index < -0.39 is 0 Å². The van der Waals surface area contributed by atoms with E-state index in [0.717, 1.165) is 50.1 Å². The largest absolute Gasteiger partial charge is 0.315 e. The van der Waals surface area contributed by atoms with Gasteiger partial charge in [-0.2, -0.15) is 0 Å². The van der Waals surface area contributed by atoms with Gasteiger partial charge in [0.25, 0.3) is 0 Å². The predicted octanol–water partition coefficient (Wildman–Crippen LogP) is 2.67. The molecule has 19 heavy (non-hydrogen) atoms. The molecule has 0 aliphatic carbocycles. The summed E-state index contributed by atoms with van der Waals surface area (Å²) in [7, 11) is 0. The molecule has 0 spiro atoms. The Bertz CT molecular complexity index is 409. The maximum absolute atomic E-state index is 13.8. The van der Waals surface area contributed by atoms with Crippen LogP contribution in [0.3, 0.4) is 0 Å². The summed E-state index contributed by atoms with van der Waals surface area (Å²) in [5, 5.41) is 3.41. The summed E-state index contributed by atoms with van der Waals surface area (Å²) < 4.78 is 13.8. The first-order valence-electron chi connectivity index (χ1n) is 7.35. The average molecular weight is 264 g/mol. The lowest BCUT2D eigenvalue weighted by molar-refractivity contribution is 0.288. The summed E-state index contributed by atoms with van der Waals surface area (Å²) in [6.45, 7) is 9.59. The maximum Gasteiger partial charge on any atom is 0.126 e. The van der Waals surface area contributed by atoms with E-state index in [9.17, 15) is 4.39 Å². The Labute approximate surface area is 116 Å². The lowest BCUT2D eigenvalue weighted by Crippen LogP contribution is -2.29. The van der Waals surface area contributed by atoms with Crippen LogP contribution in [0.1, 0.15) is 29.5 Å². The topological polar surface area (TPSA) is 15.3 Å². The molecule has 3 heteroatoms. The first-order chi connectivity index (χ1) is 9.16. The number of nitrogens with zero attached hydrogens (tertiary/aromatic N) is 1. The molecule has 106 valence electrons. The number of rotatable bonds is 4. The van der Waals surface area contributed by atoms with Gasteiger partial charge in [0.2, 0.25) is 0 Å². The van der Waals surface area contributed by atoms with Crippen molar-refractivity contribution in [3.05, 3.63) is 34.6 Å². The minimum Gasteiger partial charge on any atom is -0.315 e. The Kier molecular flexibility index (Phi) is 5.34. The first kappa shape index (κ1) is 14.5. The molecule has 0 radical (unpaired) electrons. The van der Waals surface area contributed by atoms with Gasteiger partial charge in [-0.05, 0) is 75.5 Å². The van der Waals surface area contributed by atoms with Crippen LogP contribution >= 0.6 is 0 Å². The molecule has 2 nitrogen and oxygen atoms in total. The molecule has 1 aromatic carbocycles. The second-order valence-electron chi connectivity index (χ2n) is 5.58. The van der Waals surface area contributed by atoms with Gasteiger partial charge >= 0.3 is 0 Å². The van der Waals surface area contributed by atoms with E-state index in [4.69, 9.17) is 0 Å². The highest BCUT2D eigenvalue weighted by Gasteiger charge is 2.09. The van der Waals surface area contributed by atoms with E-state index in [1.165, 1.54) is 18.5 Å². The Morgan fingerprint density at radius 2 is 1.95 bits per heavy atom. The Morgan fingerprint density at radius 3 is 2.79 bits per heavy atom. The molecule has 1 N–H and O–H groups in total. The lowest BCUT2D eigenvalue weighted by Gasteiger charge is -2.19. The van der Waals surface area contributed by atoms with Gasteiger partial charge in [-0.1, -0.05) is 6.07 Å². The van der Waals surface area contributed by atoms with Gasteiger partial charge in [-0.25, -0.2) is 4.39 Å². The highest BCUT2D eigenvalue weighted by Crippen LogP contribution is 2.16. The van der Waals surface area contributed by atoms with Gasteiger partial charge in [-0.15, -0.1) is 0 Å². The number of hydrogen-bond donors (Lipinski definition) is 1. The number of aryl methyl sites for hydroxylation is 3. The molecule has 1 aromatic rings. The molecule has 0 amide bonds. The van der Waals surface area contributed by atoms with Crippen molar-refractivity contribution < 1.29 is 4.39 Å². The standard InChI is InChI=1S/C16H25FN2/c1-13-11-15(16(17)12-14(13)2)5-3-8-19-9-4-6-18-7-10-19/h11-12,18H,3-10H2,1-2H3. The van der Waals surface area contributed by atoms with Crippen molar-refractivity contribution in [2.75, 3.05) is 32.7 Å². The van der Waals surface area contributed by atoms with Crippen LogP contribution < -0.4 is 5.32 Å². The minimum atomic E-state index is -0.0411. The molecule has 0 aromatic heterocycles. The van der Waals surface area contributed by atoms with Gasteiger partial charge in [0.05, 0.1) is 0 Å². The smallest absolute Gasteiger partial charge is 0.126 e. The van der Waals surface area contributed by atoms with Crippen molar-refractivity contribution in [3.8, 4) is 0 Å². The van der Waals surface area contributed by atoms with Crippen LogP contribution in [0, 0.1) is 19.7 Å². The second kappa shape index (κ2) is 7.01. The summed E-state index contributed by atoms with van der Waals surface area (Å²) >= 11 is 0. The van der Waals surface area contributed by atoms with Crippen LogP contribution in [-0.4, -0.2) is 37.6 Å². The SMILES string of the molecule is Cc1cc(F)c(CCCN2CCCNCC2)cc1C. The third kappa shape index (κ3) is 4.29. The summed E-state index contributed by atoms with van der Waals surface area (Å²) in [6.07, 6.45) is 3.11. The summed E-state index contributed by atoms with van der Waals surface area (Å²) in [5.74, 6) is -0.0411. The van der Waals surface area contributed by atoms with Gasteiger partial charge in [0.1, 0.15) is 5.82 Å². The molecule has 2 rings (SSSR count). The molecule has 1 aliphatic rings. The Balaban J connectivity index is 1.83. The van der Waals surface area contributed by atoms with Gasteiger partial charge < -0.3 is 10.2 Å². The molecular weight excluding hydrogens is 239 g/mol. The van der Waals surface area contributed by atoms with Gasteiger partial charge in [0.15, 0.2) is 0 Å². The fraction of sp³-hybridized carbons (Fsp3) is 0.625. The van der Waals surface area contributed by atoms with E-state index in [1.807, 2.05) is 13.0 Å².